The summed E-state index contributed by atoms with van der Waals surface area (Å²) in [5.74, 6) is 0. The van der Waals surface area contributed by atoms with E-state index >= 15 is 0 Å². The third-order valence-corrected chi connectivity index (χ3v) is 3.86. The first kappa shape index (κ1) is 17.1. The second-order valence-electron chi connectivity index (χ2n) is 6.73. The van der Waals surface area contributed by atoms with Crippen LogP contribution in [-0.2, 0) is 12.0 Å². The van der Waals surface area contributed by atoms with Crippen LogP contribution in [0, 0.1) is 0 Å². The van der Waals surface area contributed by atoms with Crippen LogP contribution in [-0.4, -0.2) is 17.5 Å². The Balaban J connectivity index is 2.14. The van der Waals surface area contributed by atoms with E-state index in [1.54, 1.807) is 0 Å². The molecule has 3 nitrogen and oxygen atoms in total. The smallest absolute Gasteiger partial charge is 0.320 e. The molecule has 3 heteroatoms. The molecular weight excluding hydrogens is 284 g/mol. The summed E-state index contributed by atoms with van der Waals surface area (Å²) in [5.41, 5.74) is 3.15. The Morgan fingerprint density at radius 3 is 2.22 bits per heavy atom. The molecule has 0 aromatic heterocycles. The Labute approximate surface area is 139 Å². The largest absolute Gasteiger partial charge is 0.322 e. The van der Waals surface area contributed by atoms with E-state index in [-0.39, 0.29) is 11.4 Å². The van der Waals surface area contributed by atoms with E-state index in [0.717, 1.165) is 16.8 Å². The molecule has 2 amide bonds. The van der Waals surface area contributed by atoms with Crippen molar-refractivity contribution in [2.45, 2.75) is 39.7 Å². The average Bonchev–Trinajstić information content (AvgIpc) is 2.53. The van der Waals surface area contributed by atoms with Gasteiger partial charge in [0.05, 0.1) is 0 Å². The fraction of sp³-hybridized carbons (Fsp3) is 0.350. The SMILES string of the molecule is CCN(Cc1ccccc1)C(=O)Nc1ccccc1C(C)(C)C. The van der Waals surface area contributed by atoms with Crippen LogP contribution in [0.15, 0.2) is 54.6 Å². The Morgan fingerprint density at radius 1 is 1.00 bits per heavy atom. The van der Waals surface area contributed by atoms with Gasteiger partial charge in [-0.2, -0.15) is 0 Å². The van der Waals surface area contributed by atoms with Crippen molar-refractivity contribution in [3.63, 3.8) is 0 Å². The molecular formula is C20H26N2O. The van der Waals surface area contributed by atoms with Crippen LogP contribution in [0.4, 0.5) is 10.5 Å². The molecule has 0 saturated heterocycles. The van der Waals surface area contributed by atoms with Gasteiger partial charge in [0, 0.05) is 18.8 Å². The van der Waals surface area contributed by atoms with Gasteiger partial charge in [-0.15, -0.1) is 0 Å². The van der Waals surface area contributed by atoms with Crippen molar-refractivity contribution < 1.29 is 4.79 Å². The molecule has 0 heterocycles. The Morgan fingerprint density at radius 2 is 1.61 bits per heavy atom. The minimum atomic E-state index is -0.0620. The van der Waals surface area contributed by atoms with Crippen molar-refractivity contribution >= 4 is 11.7 Å². The predicted molar refractivity (Wildman–Crippen MR) is 96.7 cm³/mol. The molecule has 2 aromatic rings. The molecule has 0 aliphatic carbocycles. The highest BCUT2D eigenvalue weighted by Gasteiger charge is 2.20. The highest BCUT2D eigenvalue weighted by molar-refractivity contribution is 5.90. The van der Waals surface area contributed by atoms with Gasteiger partial charge in [-0.1, -0.05) is 69.3 Å². The topological polar surface area (TPSA) is 32.3 Å². The summed E-state index contributed by atoms with van der Waals surface area (Å²) in [6.07, 6.45) is 0. The van der Waals surface area contributed by atoms with Crippen molar-refractivity contribution in [1.29, 1.82) is 0 Å². The molecule has 2 rings (SSSR count). The van der Waals surface area contributed by atoms with Gasteiger partial charge in [-0.05, 0) is 29.5 Å². The second kappa shape index (κ2) is 7.32. The lowest BCUT2D eigenvalue weighted by atomic mass is 9.86. The van der Waals surface area contributed by atoms with E-state index in [1.165, 1.54) is 0 Å². The highest BCUT2D eigenvalue weighted by atomic mass is 16.2. The van der Waals surface area contributed by atoms with E-state index < -0.39 is 0 Å². The molecule has 23 heavy (non-hydrogen) atoms. The third kappa shape index (κ3) is 4.59. The van der Waals surface area contributed by atoms with Gasteiger partial charge < -0.3 is 10.2 Å². The maximum Gasteiger partial charge on any atom is 0.322 e. The number of nitrogens with one attached hydrogen (secondary N) is 1. The number of anilines is 1. The molecule has 0 atom stereocenters. The van der Waals surface area contributed by atoms with Crippen molar-refractivity contribution in [1.82, 2.24) is 4.90 Å². The summed E-state index contributed by atoms with van der Waals surface area (Å²) < 4.78 is 0. The first-order valence-electron chi connectivity index (χ1n) is 8.11. The quantitative estimate of drug-likeness (QED) is 0.843. The van der Waals surface area contributed by atoms with Crippen LogP contribution < -0.4 is 5.32 Å². The van der Waals surface area contributed by atoms with Crippen molar-refractivity contribution in [2.24, 2.45) is 0 Å². The van der Waals surface area contributed by atoms with E-state index in [1.807, 2.05) is 60.4 Å². The van der Waals surface area contributed by atoms with Gasteiger partial charge in [0.2, 0.25) is 0 Å². The monoisotopic (exact) mass is 310 g/mol. The summed E-state index contributed by atoms with van der Waals surface area (Å²) in [6, 6.07) is 18.0. The maximum absolute atomic E-state index is 12.6. The first-order valence-corrected chi connectivity index (χ1v) is 8.11. The predicted octanol–water partition coefficient (Wildman–Crippen LogP) is 5.04. The molecule has 0 bridgehead atoms. The third-order valence-electron chi connectivity index (χ3n) is 3.86. The summed E-state index contributed by atoms with van der Waals surface area (Å²) in [5, 5.41) is 3.08. The number of carbonyl (C=O) groups excluding carboxylic acids is 1. The molecule has 0 unspecified atom stereocenters. The van der Waals surface area contributed by atoms with Crippen molar-refractivity contribution in [2.75, 3.05) is 11.9 Å². The molecule has 0 aliphatic rings. The zero-order valence-corrected chi connectivity index (χ0v) is 14.5. The van der Waals surface area contributed by atoms with Crippen molar-refractivity contribution in [3.05, 3.63) is 65.7 Å². The number of hydrogen-bond donors (Lipinski definition) is 1. The Hall–Kier alpha value is -2.29. The Bertz CT molecular complexity index is 644. The van der Waals surface area contributed by atoms with Crippen LogP contribution in [0.25, 0.3) is 0 Å². The van der Waals surface area contributed by atoms with Gasteiger partial charge in [0.25, 0.3) is 0 Å². The van der Waals surface area contributed by atoms with Crippen LogP contribution in [0.5, 0.6) is 0 Å². The zero-order chi connectivity index (χ0) is 16.9. The molecule has 0 saturated carbocycles. The molecule has 0 fully saturated rings. The van der Waals surface area contributed by atoms with Gasteiger partial charge in [-0.3, -0.25) is 0 Å². The standard InChI is InChI=1S/C20H26N2O/c1-5-22(15-16-11-7-6-8-12-16)19(23)21-18-14-10-9-13-17(18)20(2,3)4/h6-14H,5,15H2,1-4H3,(H,21,23). The number of urea groups is 1. The molecule has 122 valence electrons. The van der Waals surface area contributed by atoms with Gasteiger partial charge >= 0.3 is 6.03 Å². The van der Waals surface area contributed by atoms with E-state index in [0.29, 0.717) is 13.1 Å². The average molecular weight is 310 g/mol. The number of amides is 2. The van der Waals surface area contributed by atoms with E-state index in [9.17, 15) is 4.79 Å². The number of benzene rings is 2. The summed E-state index contributed by atoms with van der Waals surface area (Å²) in [4.78, 5) is 14.5. The fourth-order valence-electron chi connectivity index (χ4n) is 2.57. The number of hydrogen-bond acceptors (Lipinski definition) is 1. The number of rotatable bonds is 4. The maximum atomic E-state index is 12.6. The lowest BCUT2D eigenvalue weighted by Gasteiger charge is -2.26. The lowest BCUT2D eigenvalue weighted by molar-refractivity contribution is 0.212. The van der Waals surface area contributed by atoms with Crippen LogP contribution in [0.3, 0.4) is 0 Å². The molecule has 2 aromatic carbocycles. The lowest BCUT2D eigenvalue weighted by Crippen LogP contribution is -2.35. The van der Waals surface area contributed by atoms with Crippen LogP contribution in [0.2, 0.25) is 0 Å². The second-order valence-corrected chi connectivity index (χ2v) is 6.73. The van der Waals surface area contributed by atoms with Crippen LogP contribution >= 0.6 is 0 Å². The fourth-order valence-corrected chi connectivity index (χ4v) is 2.57. The summed E-state index contributed by atoms with van der Waals surface area (Å²) >= 11 is 0. The molecule has 0 spiro atoms. The highest BCUT2D eigenvalue weighted by Crippen LogP contribution is 2.29. The minimum Gasteiger partial charge on any atom is -0.320 e. The van der Waals surface area contributed by atoms with Crippen LogP contribution in [0.1, 0.15) is 38.8 Å². The number of nitrogens with zero attached hydrogens (tertiary/aromatic N) is 1. The number of para-hydroxylation sites is 1. The summed E-state index contributed by atoms with van der Waals surface area (Å²) in [7, 11) is 0. The number of carbonyl (C=O) groups is 1. The first-order chi connectivity index (χ1) is 10.9. The van der Waals surface area contributed by atoms with Gasteiger partial charge in [-0.25, -0.2) is 4.79 Å². The zero-order valence-electron chi connectivity index (χ0n) is 14.5. The van der Waals surface area contributed by atoms with E-state index in [2.05, 4.69) is 32.2 Å². The Kier molecular flexibility index (Phi) is 5.43. The minimum absolute atomic E-state index is 0.0135. The molecule has 0 aliphatic heterocycles. The molecule has 1 N–H and O–H groups in total. The summed E-state index contributed by atoms with van der Waals surface area (Å²) in [6.45, 7) is 9.73. The van der Waals surface area contributed by atoms with Gasteiger partial charge in [0.15, 0.2) is 0 Å². The van der Waals surface area contributed by atoms with Gasteiger partial charge in [0.1, 0.15) is 0 Å². The van der Waals surface area contributed by atoms with E-state index in [4.69, 9.17) is 0 Å². The normalized spacial score (nSPS) is 11.1. The van der Waals surface area contributed by atoms with Crippen molar-refractivity contribution in [3.8, 4) is 0 Å². The molecule has 0 radical (unpaired) electrons.